The predicted octanol–water partition coefficient (Wildman–Crippen LogP) is 2.83. The molecule has 6 nitrogen and oxygen atoms in total. The van der Waals surface area contributed by atoms with Crippen LogP contribution in [0.15, 0.2) is 30.9 Å². The van der Waals surface area contributed by atoms with Gasteiger partial charge in [0, 0.05) is 29.4 Å². The van der Waals surface area contributed by atoms with Crippen molar-refractivity contribution in [2.75, 3.05) is 25.5 Å². The maximum Gasteiger partial charge on any atom is 0.145 e. The van der Waals surface area contributed by atoms with Crippen LogP contribution in [0, 0.1) is 6.92 Å². The summed E-state index contributed by atoms with van der Waals surface area (Å²) in [7, 11) is 2.17. The van der Waals surface area contributed by atoms with Gasteiger partial charge in [-0.25, -0.2) is 9.97 Å². The Hall–Kier alpha value is -2.47. The van der Waals surface area contributed by atoms with E-state index < -0.39 is 0 Å². The van der Waals surface area contributed by atoms with Gasteiger partial charge in [0.25, 0.3) is 0 Å². The Morgan fingerprint density at radius 3 is 2.88 bits per heavy atom. The summed E-state index contributed by atoms with van der Waals surface area (Å²) in [4.78, 5) is 19.1. The Balaban J connectivity index is 1.58. The van der Waals surface area contributed by atoms with Crippen molar-refractivity contribution in [1.82, 2.24) is 24.8 Å². The van der Waals surface area contributed by atoms with Gasteiger partial charge in [-0.3, -0.25) is 4.98 Å². The third-order valence-corrected chi connectivity index (χ3v) is 4.74. The van der Waals surface area contributed by atoms with E-state index in [1.54, 1.807) is 12.4 Å². The van der Waals surface area contributed by atoms with E-state index in [0.717, 1.165) is 54.0 Å². The first-order chi connectivity index (χ1) is 11.7. The molecular weight excluding hydrogens is 300 g/mol. The summed E-state index contributed by atoms with van der Waals surface area (Å²) in [5, 5.41) is 4.66. The standard InChI is InChI=1S/C18H22N6/c1-12-8-20-18-15(12)7-13(9-21-18)16-10-19-11-17(23-16)22-14-3-5-24(2)6-4-14/h7-11,14H,3-6H2,1-2H3,(H,20,21)(H,22,23). The summed E-state index contributed by atoms with van der Waals surface area (Å²) in [6, 6.07) is 2.59. The molecule has 0 spiro atoms. The average molecular weight is 322 g/mol. The Morgan fingerprint density at radius 1 is 1.21 bits per heavy atom. The highest BCUT2D eigenvalue weighted by Crippen LogP contribution is 2.24. The van der Waals surface area contributed by atoms with Crippen molar-refractivity contribution in [2.24, 2.45) is 0 Å². The molecule has 3 aromatic heterocycles. The van der Waals surface area contributed by atoms with E-state index in [9.17, 15) is 0 Å². The molecular formula is C18H22N6. The molecule has 0 aliphatic carbocycles. The van der Waals surface area contributed by atoms with Crippen molar-refractivity contribution in [1.29, 1.82) is 0 Å². The number of hydrogen-bond donors (Lipinski definition) is 2. The first-order valence-corrected chi connectivity index (χ1v) is 8.40. The second-order valence-electron chi connectivity index (χ2n) is 6.60. The highest BCUT2D eigenvalue weighted by atomic mass is 15.1. The number of aromatic nitrogens is 4. The second kappa shape index (κ2) is 6.20. The Morgan fingerprint density at radius 2 is 2.04 bits per heavy atom. The van der Waals surface area contributed by atoms with Gasteiger partial charge in [0.05, 0.1) is 18.1 Å². The Labute approximate surface area is 141 Å². The minimum absolute atomic E-state index is 0.471. The first-order valence-electron chi connectivity index (χ1n) is 8.40. The molecule has 1 fully saturated rings. The van der Waals surface area contributed by atoms with Crippen LogP contribution in [0.25, 0.3) is 22.3 Å². The van der Waals surface area contributed by atoms with Crippen LogP contribution < -0.4 is 5.32 Å². The SMILES string of the molecule is Cc1c[nH]c2ncc(-c3cncc(NC4CCN(C)CC4)n3)cc12. The molecule has 0 atom stereocenters. The minimum atomic E-state index is 0.471. The van der Waals surface area contributed by atoms with Crippen molar-refractivity contribution < 1.29 is 0 Å². The van der Waals surface area contributed by atoms with Crippen molar-refractivity contribution in [2.45, 2.75) is 25.8 Å². The molecule has 6 heteroatoms. The summed E-state index contributed by atoms with van der Waals surface area (Å²) in [5.41, 5.74) is 3.94. The fourth-order valence-corrected chi connectivity index (χ4v) is 3.21. The number of H-pyrrole nitrogens is 1. The van der Waals surface area contributed by atoms with E-state index in [2.05, 4.69) is 45.2 Å². The summed E-state index contributed by atoms with van der Waals surface area (Å²) in [5.74, 6) is 0.841. The highest BCUT2D eigenvalue weighted by Gasteiger charge is 2.17. The number of anilines is 1. The molecule has 0 bridgehead atoms. The maximum atomic E-state index is 4.74. The van der Waals surface area contributed by atoms with Gasteiger partial charge in [-0.05, 0) is 51.5 Å². The van der Waals surface area contributed by atoms with Crippen LogP contribution in [0.1, 0.15) is 18.4 Å². The number of rotatable bonds is 3. The van der Waals surface area contributed by atoms with Gasteiger partial charge in [0.1, 0.15) is 11.5 Å². The topological polar surface area (TPSA) is 69.7 Å². The van der Waals surface area contributed by atoms with Crippen LogP contribution in [-0.2, 0) is 0 Å². The summed E-state index contributed by atoms with van der Waals surface area (Å²) in [6.07, 6.45) is 9.70. The molecule has 1 saturated heterocycles. The summed E-state index contributed by atoms with van der Waals surface area (Å²) >= 11 is 0. The number of aryl methyl sites for hydroxylation is 1. The molecule has 1 aliphatic heterocycles. The molecule has 0 amide bonds. The number of pyridine rings is 1. The van der Waals surface area contributed by atoms with Gasteiger partial charge in [0.2, 0.25) is 0 Å². The first kappa shape index (κ1) is 15.1. The number of fused-ring (bicyclic) bond motifs is 1. The lowest BCUT2D eigenvalue weighted by Crippen LogP contribution is -2.36. The van der Waals surface area contributed by atoms with Crippen LogP contribution >= 0.6 is 0 Å². The van der Waals surface area contributed by atoms with Crippen LogP contribution in [0.2, 0.25) is 0 Å². The number of likely N-dealkylation sites (tertiary alicyclic amines) is 1. The van der Waals surface area contributed by atoms with E-state index in [0.29, 0.717) is 6.04 Å². The van der Waals surface area contributed by atoms with Crippen LogP contribution in [-0.4, -0.2) is 51.0 Å². The number of piperidine rings is 1. The monoisotopic (exact) mass is 322 g/mol. The van der Waals surface area contributed by atoms with Crippen LogP contribution in [0.3, 0.4) is 0 Å². The predicted molar refractivity (Wildman–Crippen MR) is 96.0 cm³/mol. The van der Waals surface area contributed by atoms with Crippen LogP contribution in [0.5, 0.6) is 0 Å². The van der Waals surface area contributed by atoms with Crippen molar-refractivity contribution in [3.8, 4) is 11.3 Å². The van der Waals surface area contributed by atoms with E-state index in [1.807, 2.05) is 12.4 Å². The fourth-order valence-electron chi connectivity index (χ4n) is 3.21. The van der Waals surface area contributed by atoms with Crippen LogP contribution in [0.4, 0.5) is 5.82 Å². The van der Waals surface area contributed by atoms with Crippen molar-refractivity contribution >= 4 is 16.9 Å². The summed E-state index contributed by atoms with van der Waals surface area (Å²) in [6.45, 7) is 4.32. The van der Waals surface area contributed by atoms with E-state index in [1.165, 1.54) is 5.56 Å². The third kappa shape index (κ3) is 2.97. The lowest BCUT2D eigenvalue weighted by molar-refractivity contribution is 0.263. The molecule has 1 aliphatic rings. The lowest BCUT2D eigenvalue weighted by Gasteiger charge is -2.29. The molecule has 24 heavy (non-hydrogen) atoms. The maximum absolute atomic E-state index is 4.74. The molecule has 0 aromatic carbocycles. The molecule has 0 unspecified atom stereocenters. The number of nitrogens with one attached hydrogen (secondary N) is 2. The molecule has 4 heterocycles. The quantitative estimate of drug-likeness (QED) is 0.776. The molecule has 4 rings (SSSR count). The number of aromatic amines is 1. The van der Waals surface area contributed by atoms with Gasteiger partial charge in [-0.1, -0.05) is 0 Å². The van der Waals surface area contributed by atoms with E-state index in [-0.39, 0.29) is 0 Å². The largest absolute Gasteiger partial charge is 0.366 e. The van der Waals surface area contributed by atoms with Gasteiger partial charge in [0.15, 0.2) is 0 Å². The molecule has 0 radical (unpaired) electrons. The summed E-state index contributed by atoms with van der Waals surface area (Å²) < 4.78 is 0. The highest BCUT2D eigenvalue weighted by molar-refractivity contribution is 5.83. The zero-order valence-electron chi connectivity index (χ0n) is 14.1. The second-order valence-corrected chi connectivity index (χ2v) is 6.60. The molecule has 3 aromatic rings. The normalized spacial score (nSPS) is 16.6. The van der Waals surface area contributed by atoms with Gasteiger partial charge in [-0.15, -0.1) is 0 Å². The zero-order chi connectivity index (χ0) is 16.5. The zero-order valence-corrected chi connectivity index (χ0v) is 14.1. The van der Waals surface area contributed by atoms with Crippen molar-refractivity contribution in [3.63, 3.8) is 0 Å². The number of nitrogens with zero attached hydrogens (tertiary/aromatic N) is 4. The smallest absolute Gasteiger partial charge is 0.145 e. The van der Waals surface area contributed by atoms with Gasteiger partial charge in [-0.2, -0.15) is 0 Å². The van der Waals surface area contributed by atoms with E-state index >= 15 is 0 Å². The number of hydrogen-bond acceptors (Lipinski definition) is 5. The molecule has 2 N–H and O–H groups in total. The average Bonchev–Trinajstić information content (AvgIpc) is 2.98. The van der Waals surface area contributed by atoms with Crippen molar-refractivity contribution in [3.05, 3.63) is 36.4 Å². The Kier molecular flexibility index (Phi) is 3.90. The minimum Gasteiger partial charge on any atom is -0.366 e. The van der Waals surface area contributed by atoms with Gasteiger partial charge < -0.3 is 15.2 Å². The van der Waals surface area contributed by atoms with Gasteiger partial charge >= 0.3 is 0 Å². The lowest BCUT2D eigenvalue weighted by atomic mass is 10.1. The molecule has 0 saturated carbocycles. The Bertz CT molecular complexity index is 848. The molecule has 124 valence electrons. The fraction of sp³-hybridized carbons (Fsp3) is 0.389. The third-order valence-electron chi connectivity index (χ3n) is 4.74. The van der Waals surface area contributed by atoms with E-state index in [4.69, 9.17) is 4.98 Å².